The SMILES string of the molecule is CC[C@H](CO)NC(=O)c1cn(C(C)C)cc(C(=O)O)c1=O. The minimum atomic E-state index is -1.38. The Kier molecular flexibility index (Phi) is 5.66. The molecular weight excluding hydrogens is 276 g/mol. The summed E-state index contributed by atoms with van der Waals surface area (Å²) < 4.78 is 1.50. The molecule has 1 heterocycles. The first-order valence-corrected chi connectivity index (χ1v) is 6.72. The van der Waals surface area contributed by atoms with Gasteiger partial charge >= 0.3 is 5.97 Å². The number of amides is 1. The number of hydrogen-bond acceptors (Lipinski definition) is 4. The number of nitrogens with zero attached hydrogens (tertiary/aromatic N) is 1. The van der Waals surface area contributed by atoms with E-state index >= 15 is 0 Å². The lowest BCUT2D eigenvalue weighted by atomic mass is 10.1. The van der Waals surface area contributed by atoms with Crippen LogP contribution in [0.4, 0.5) is 0 Å². The first-order valence-electron chi connectivity index (χ1n) is 6.72. The Morgan fingerprint density at radius 1 is 1.29 bits per heavy atom. The Labute approximate surface area is 122 Å². The predicted molar refractivity (Wildman–Crippen MR) is 76.7 cm³/mol. The highest BCUT2D eigenvalue weighted by Crippen LogP contribution is 2.07. The molecule has 1 aromatic rings. The highest BCUT2D eigenvalue weighted by atomic mass is 16.4. The van der Waals surface area contributed by atoms with Crippen molar-refractivity contribution in [3.8, 4) is 0 Å². The maximum atomic E-state index is 12.1. The van der Waals surface area contributed by atoms with Crippen LogP contribution in [0.1, 0.15) is 53.9 Å². The third kappa shape index (κ3) is 3.91. The Balaban J connectivity index is 3.31. The zero-order valence-electron chi connectivity index (χ0n) is 12.3. The zero-order chi connectivity index (χ0) is 16.2. The fraction of sp³-hybridized carbons (Fsp3) is 0.500. The van der Waals surface area contributed by atoms with E-state index in [2.05, 4.69) is 5.32 Å². The number of pyridine rings is 1. The molecule has 0 saturated heterocycles. The summed E-state index contributed by atoms with van der Waals surface area (Å²) in [6.45, 7) is 5.14. The molecule has 116 valence electrons. The molecule has 7 nitrogen and oxygen atoms in total. The summed E-state index contributed by atoms with van der Waals surface area (Å²) in [6, 6.07) is -0.576. The monoisotopic (exact) mass is 296 g/mol. The highest BCUT2D eigenvalue weighted by molar-refractivity contribution is 5.97. The lowest BCUT2D eigenvalue weighted by molar-refractivity contribution is 0.0694. The van der Waals surface area contributed by atoms with Gasteiger partial charge in [-0.1, -0.05) is 6.92 Å². The Hall–Kier alpha value is -2.15. The molecule has 1 atom stereocenters. The third-order valence-corrected chi connectivity index (χ3v) is 3.17. The molecule has 0 aliphatic carbocycles. The van der Waals surface area contributed by atoms with Gasteiger partial charge in [0.1, 0.15) is 11.1 Å². The van der Waals surface area contributed by atoms with Crippen LogP contribution < -0.4 is 10.7 Å². The molecule has 0 aromatic carbocycles. The van der Waals surface area contributed by atoms with Gasteiger partial charge in [0, 0.05) is 18.4 Å². The number of carbonyl (C=O) groups is 2. The summed E-state index contributed by atoms with van der Waals surface area (Å²) in [4.78, 5) is 35.3. The maximum Gasteiger partial charge on any atom is 0.341 e. The molecule has 3 N–H and O–H groups in total. The van der Waals surface area contributed by atoms with Crippen molar-refractivity contribution in [1.29, 1.82) is 0 Å². The van der Waals surface area contributed by atoms with Crippen LogP contribution in [-0.2, 0) is 0 Å². The molecule has 0 spiro atoms. The van der Waals surface area contributed by atoms with Gasteiger partial charge in [-0.15, -0.1) is 0 Å². The van der Waals surface area contributed by atoms with E-state index in [9.17, 15) is 14.4 Å². The second kappa shape index (κ2) is 7.03. The molecule has 21 heavy (non-hydrogen) atoms. The number of carbonyl (C=O) groups excluding carboxylic acids is 1. The van der Waals surface area contributed by atoms with Gasteiger partial charge in [0.05, 0.1) is 12.6 Å². The average molecular weight is 296 g/mol. The van der Waals surface area contributed by atoms with Crippen molar-refractivity contribution in [3.05, 3.63) is 33.7 Å². The summed E-state index contributed by atoms with van der Waals surface area (Å²) in [5.74, 6) is -2.06. The van der Waals surface area contributed by atoms with Crippen LogP contribution in [0.5, 0.6) is 0 Å². The third-order valence-electron chi connectivity index (χ3n) is 3.17. The molecule has 7 heteroatoms. The summed E-state index contributed by atoms with van der Waals surface area (Å²) in [5.41, 5.74) is -1.52. The van der Waals surface area contributed by atoms with Crippen molar-refractivity contribution in [2.75, 3.05) is 6.61 Å². The fourth-order valence-electron chi connectivity index (χ4n) is 1.75. The van der Waals surface area contributed by atoms with E-state index in [0.29, 0.717) is 6.42 Å². The van der Waals surface area contributed by atoms with E-state index in [4.69, 9.17) is 10.2 Å². The number of aliphatic hydroxyl groups is 1. The molecule has 0 saturated carbocycles. The Bertz CT molecular complexity index is 588. The van der Waals surface area contributed by atoms with Gasteiger partial charge in [-0.05, 0) is 20.3 Å². The maximum absolute atomic E-state index is 12.1. The van der Waals surface area contributed by atoms with Crippen LogP contribution in [0.15, 0.2) is 17.2 Å². The van der Waals surface area contributed by atoms with Crippen LogP contribution in [0.2, 0.25) is 0 Å². The first kappa shape index (κ1) is 16.9. The van der Waals surface area contributed by atoms with Gasteiger partial charge in [-0.3, -0.25) is 9.59 Å². The molecule has 0 aliphatic rings. The molecule has 1 aromatic heterocycles. The Morgan fingerprint density at radius 3 is 2.29 bits per heavy atom. The van der Waals surface area contributed by atoms with Crippen molar-refractivity contribution < 1.29 is 19.8 Å². The van der Waals surface area contributed by atoms with Gasteiger partial charge in [0.2, 0.25) is 5.43 Å². The topological polar surface area (TPSA) is 109 Å². The molecule has 0 unspecified atom stereocenters. The quantitative estimate of drug-likeness (QED) is 0.713. The van der Waals surface area contributed by atoms with Crippen molar-refractivity contribution in [2.24, 2.45) is 0 Å². The van der Waals surface area contributed by atoms with Crippen molar-refractivity contribution in [2.45, 2.75) is 39.3 Å². The average Bonchev–Trinajstić information content (AvgIpc) is 2.43. The molecule has 0 radical (unpaired) electrons. The van der Waals surface area contributed by atoms with Crippen LogP contribution in [0.25, 0.3) is 0 Å². The number of carboxylic acids is 1. The number of nitrogens with one attached hydrogen (secondary N) is 1. The van der Waals surface area contributed by atoms with E-state index in [-0.39, 0.29) is 18.2 Å². The molecule has 0 fully saturated rings. The minimum absolute atomic E-state index is 0.102. The van der Waals surface area contributed by atoms with Gasteiger partial charge in [0.25, 0.3) is 5.91 Å². The number of hydrogen-bond donors (Lipinski definition) is 3. The predicted octanol–water partition coefficient (Wildman–Crippen LogP) is 0.628. The van der Waals surface area contributed by atoms with E-state index in [1.54, 1.807) is 20.8 Å². The fourth-order valence-corrected chi connectivity index (χ4v) is 1.75. The summed E-state index contributed by atoms with van der Waals surface area (Å²) in [6.07, 6.45) is 3.05. The lowest BCUT2D eigenvalue weighted by Crippen LogP contribution is -2.40. The van der Waals surface area contributed by atoms with E-state index in [0.717, 1.165) is 0 Å². The smallest absolute Gasteiger partial charge is 0.341 e. The van der Waals surface area contributed by atoms with Gasteiger partial charge < -0.3 is 20.1 Å². The standard InChI is InChI=1S/C14H20N2O5/c1-4-9(7-17)15-13(19)10-5-16(8(2)3)6-11(12(10)18)14(20)21/h5-6,8-9,17H,4,7H2,1-3H3,(H,15,19)(H,20,21)/t9-/m1/s1. The van der Waals surface area contributed by atoms with Crippen LogP contribution in [0, 0.1) is 0 Å². The second-order valence-corrected chi connectivity index (χ2v) is 5.02. The van der Waals surface area contributed by atoms with Crippen molar-refractivity contribution >= 4 is 11.9 Å². The van der Waals surface area contributed by atoms with Crippen molar-refractivity contribution in [3.63, 3.8) is 0 Å². The summed E-state index contributed by atoms with van der Waals surface area (Å²) in [5, 5.41) is 20.7. The second-order valence-electron chi connectivity index (χ2n) is 5.02. The minimum Gasteiger partial charge on any atom is -0.477 e. The molecule has 0 bridgehead atoms. The van der Waals surface area contributed by atoms with E-state index in [1.807, 2.05) is 0 Å². The van der Waals surface area contributed by atoms with Crippen molar-refractivity contribution in [1.82, 2.24) is 9.88 Å². The van der Waals surface area contributed by atoms with Crippen LogP contribution in [0.3, 0.4) is 0 Å². The largest absolute Gasteiger partial charge is 0.477 e. The summed E-state index contributed by atoms with van der Waals surface area (Å²) >= 11 is 0. The normalized spacial score (nSPS) is 12.2. The summed E-state index contributed by atoms with van der Waals surface area (Å²) in [7, 11) is 0. The zero-order valence-corrected chi connectivity index (χ0v) is 12.3. The number of aromatic nitrogens is 1. The number of aromatic carboxylic acids is 1. The van der Waals surface area contributed by atoms with E-state index in [1.165, 1.54) is 17.0 Å². The molecule has 1 amide bonds. The van der Waals surface area contributed by atoms with Gasteiger partial charge in [-0.25, -0.2) is 4.79 Å². The van der Waals surface area contributed by atoms with Crippen LogP contribution >= 0.6 is 0 Å². The molecule has 1 rings (SSSR count). The Morgan fingerprint density at radius 2 is 1.86 bits per heavy atom. The number of aliphatic hydroxyl groups excluding tert-OH is 1. The van der Waals surface area contributed by atoms with Gasteiger partial charge in [0.15, 0.2) is 0 Å². The van der Waals surface area contributed by atoms with Crippen LogP contribution in [-0.4, -0.2) is 39.3 Å². The van der Waals surface area contributed by atoms with E-state index < -0.39 is 28.9 Å². The number of carboxylic acid groups (broad SMARTS) is 1. The first-order chi connectivity index (χ1) is 9.81. The molecular formula is C14H20N2O5. The lowest BCUT2D eigenvalue weighted by Gasteiger charge is -2.16. The highest BCUT2D eigenvalue weighted by Gasteiger charge is 2.20. The van der Waals surface area contributed by atoms with Gasteiger partial charge in [-0.2, -0.15) is 0 Å². The number of rotatable bonds is 6. The molecule has 0 aliphatic heterocycles.